The molecule has 0 unspecified atom stereocenters. The Morgan fingerprint density at radius 2 is 1.57 bits per heavy atom. The van der Waals surface area contributed by atoms with Crippen LogP contribution in [0.3, 0.4) is 0 Å². The number of rotatable bonds is 13. The third kappa shape index (κ3) is 17.2. The molecule has 0 heterocycles. The van der Waals surface area contributed by atoms with Crippen LogP contribution < -0.4 is 0 Å². The van der Waals surface area contributed by atoms with E-state index in [4.69, 9.17) is 0 Å². The average Bonchev–Trinajstić information content (AvgIpc) is 3.20. The molecule has 1 heteroatoms. The molecular weight excluding hydrogens is 651 g/mol. The van der Waals surface area contributed by atoms with Crippen molar-refractivity contribution >= 4 is 28.8 Å². The van der Waals surface area contributed by atoms with Crippen molar-refractivity contribution in [1.82, 2.24) is 0 Å². The van der Waals surface area contributed by atoms with Crippen LogP contribution in [0.25, 0.3) is 16.3 Å². The zero-order chi connectivity index (χ0) is 40.0. The van der Waals surface area contributed by atoms with E-state index in [2.05, 4.69) is 129 Å². The molecule has 0 saturated heterocycles. The highest BCUT2D eigenvalue weighted by Gasteiger charge is 2.15. The van der Waals surface area contributed by atoms with Crippen LogP contribution in [-0.4, -0.2) is 6.72 Å². The zero-order valence-electron chi connectivity index (χ0n) is 34.1. The van der Waals surface area contributed by atoms with Crippen LogP contribution >= 0.6 is 0 Å². The number of fused-ring (bicyclic) bond motifs is 1. The standard InChI is InChI=1S/C35H36.C8H9N.C8H12.C2H6/c1-5-8-11-18-29(17-7-3)28(4)32(22-12-9-6-2)27-35(31-20-13-10-14-21-31)34-25-24-30-19-15-16-23-33(30)26-34;1-7-5-3-4-6-8(7)9-2;1-4-6-8(3)7-5-2;1-2/h6-7,10-20,22-26H,3-5,8,21,27H2,1-2H3;3-6H,2H2,1H3;4-7H,1H2,2-3H3;1-2H3/b18-11-,29-17+,32-22+,35-31+;;7-5-,8-6-;. The molecule has 3 aromatic carbocycles. The van der Waals surface area contributed by atoms with Crippen LogP contribution in [0, 0.1) is 6.92 Å². The summed E-state index contributed by atoms with van der Waals surface area (Å²) in [5, 5.41) is 2.51. The molecular formula is C53H63N. The van der Waals surface area contributed by atoms with Crippen LogP contribution in [0.15, 0.2) is 216 Å². The molecule has 0 saturated carbocycles. The number of para-hydroxylation sites is 1. The predicted molar refractivity (Wildman–Crippen MR) is 247 cm³/mol. The van der Waals surface area contributed by atoms with Crippen LogP contribution in [0.4, 0.5) is 5.69 Å². The Morgan fingerprint density at radius 3 is 2.17 bits per heavy atom. The summed E-state index contributed by atoms with van der Waals surface area (Å²) >= 11 is 0. The van der Waals surface area contributed by atoms with Crippen molar-refractivity contribution < 1.29 is 0 Å². The van der Waals surface area contributed by atoms with Gasteiger partial charge in [-0.1, -0.05) is 186 Å². The second kappa shape index (κ2) is 28.8. The summed E-state index contributed by atoms with van der Waals surface area (Å²) in [7, 11) is 0. The van der Waals surface area contributed by atoms with Gasteiger partial charge in [-0.25, -0.2) is 0 Å². The fourth-order valence-corrected chi connectivity index (χ4v) is 5.41. The molecule has 1 aliphatic carbocycles. The highest BCUT2D eigenvalue weighted by atomic mass is 14.7. The van der Waals surface area contributed by atoms with Crippen molar-refractivity contribution in [3.63, 3.8) is 0 Å². The second-order valence-electron chi connectivity index (χ2n) is 12.2. The van der Waals surface area contributed by atoms with Crippen molar-refractivity contribution in [3.05, 3.63) is 222 Å². The van der Waals surface area contributed by atoms with Crippen molar-refractivity contribution in [2.45, 2.75) is 74.1 Å². The molecule has 0 radical (unpaired) electrons. The minimum atomic E-state index is 0.780. The number of hydrogen-bond donors (Lipinski definition) is 0. The average molecular weight is 714 g/mol. The van der Waals surface area contributed by atoms with Gasteiger partial charge in [-0.15, -0.1) is 5.73 Å². The van der Waals surface area contributed by atoms with E-state index in [-0.39, 0.29) is 0 Å². The summed E-state index contributed by atoms with van der Waals surface area (Å²) in [6.45, 7) is 29.7. The summed E-state index contributed by atoms with van der Waals surface area (Å²) in [5.74, 6) is 0. The van der Waals surface area contributed by atoms with Crippen molar-refractivity contribution in [3.8, 4) is 0 Å². The lowest BCUT2D eigenvalue weighted by Gasteiger charge is -2.19. The molecule has 0 N–H and O–H groups in total. The Morgan fingerprint density at radius 1 is 0.870 bits per heavy atom. The molecule has 0 spiro atoms. The van der Waals surface area contributed by atoms with Crippen LogP contribution in [0.5, 0.6) is 0 Å². The maximum Gasteiger partial charge on any atom is 0.0651 e. The SMILES string of the molecule is C=C/C=C(C)\C=C/C.C=C/C=C(\C=C/CCC)C(=C)/C(=C/C=C=CC)C/C(=C1/C=CC=CC1)c1ccc2ccccc2c1.C=Nc1ccccc1C.CC. The maximum atomic E-state index is 4.53. The second-order valence-corrected chi connectivity index (χ2v) is 12.2. The van der Waals surface area contributed by atoms with Gasteiger partial charge in [0, 0.05) is 0 Å². The van der Waals surface area contributed by atoms with Gasteiger partial charge in [0.2, 0.25) is 0 Å². The molecule has 0 aromatic heterocycles. The predicted octanol–water partition coefficient (Wildman–Crippen LogP) is 16.2. The number of nitrogens with zero attached hydrogens (tertiary/aromatic N) is 1. The van der Waals surface area contributed by atoms with Gasteiger partial charge >= 0.3 is 0 Å². The van der Waals surface area contributed by atoms with Crippen LogP contribution in [-0.2, 0) is 0 Å². The minimum Gasteiger partial charge on any atom is -0.264 e. The van der Waals surface area contributed by atoms with Crippen molar-refractivity contribution in [1.29, 1.82) is 0 Å². The first-order chi connectivity index (χ1) is 26.3. The number of aliphatic imine (C=N–C) groups is 1. The van der Waals surface area contributed by atoms with E-state index in [1.165, 1.54) is 44.2 Å². The first kappa shape index (κ1) is 46.3. The highest BCUT2D eigenvalue weighted by Crippen LogP contribution is 2.35. The lowest BCUT2D eigenvalue weighted by molar-refractivity contribution is 0.958. The largest absolute Gasteiger partial charge is 0.264 e. The van der Waals surface area contributed by atoms with Gasteiger partial charge in [0.05, 0.1) is 5.69 Å². The fraction of sp³-hybridized carbons (Fsp3) is 0.208. The van der Waals surface area contributed by atoms with Gasteiger partial charge in [-0.05, 0) is 128 Å². The molecule has 280 valence electrons. The van der Waals surface area contributed by atoms with Gasteiger partial charge < -0.3 is 0 Å². The molecule has 0 bridgehead atoms. The lowest BCUT2D eigenvalue weighted by atomic mass is 9.85. The number of allylic oxidation sites excluding steroid dienone is 20. The zero-order valence-corrected chi connectivity index (χ0v) is 34.1. The van der Waals surface area contributed by atoms with Crippen molar-refractivity contribution in [2.75, 3.05) is 0 Å². The molecule has 0 amide bonds. The van der Waals surface area contributed by atoms with Gasteiger partial charge in [0.25, 0.3) is 0 Å². The normalized spacial score (nSPS) is 13.4. The van der Waals surface area contributed by atoms with Gasteiger partial charge in [0.1, 0.15) is 0 Å². The summed E-state index contributed by atoms with van der Waals surface area (Å²) in [4.78, 5) is 3.82. The summed E-state index contributed by atoms with van der Waals surface area (Å²) in [6, 6.07) is 23.2. The third-order valence-corrected chi connectivity index (χ3v) is 8.16. The Hall–Kier alpha value is -5.75. The topological polar surface area (TPSA) is 12.4 Å². The summed E-state index contributed by atoms with van der Waals surface area (Å²) in [5.41, 5.74) is 13.8. The Bertz CT molecular complexity index is 1970. The quantitative estimate of drug-likeness (QED) is 0.0950. The number of hydrogen-bond acceptors (Lipinski definition) is 1. The number of unbranched alkanes of at least 4 members (excludes halogenated alkanes) is 1. The van der Waals surface area contributed by atoms with Crippen LogP contribution in [0.2, 0.25) is 0 Å². The first-order valence-corrected chi connectivity index (χ1v) is 19.1. The van der Waals surface area contributed by atoms with E-state index < -0.39 is 0 Å². The molecule has 4 rings (SSSR count). The molecule has 0 fully saturated rings. The summed E-state index contributed by atoms with van der Waals surface area (Å²) < 4.78 is 0. The molecule has 0 aliphatic heterocycles. The van der Waals surface area contributed by atoms with E-state index in [0.717, 1.165) is 42.5 Å². The molecule has 54 heavy (non-hydrogen) atoms. The summed E-state index contributed by atoms with van der Waals surface area (Å²) in [6.07, 6.45) is 34.8. The fourth-order valence-electron chi connectivity index (χ4n) is 5.41. The van der Waals surface area contributed by atoms with E-state index in [1.54, 1.807) is 6.08 Å². The van der Waals surface area contributed by atoms with E-state index >= 15 is 0 Å². The third-order valence-electron chi connectivity index (χ3n) is 8.16. The van der Waals surface area contributed by atoms with Gasteiger partial charge in [0.15, 0.2) is 0 Å². The van der Waals surface area contributed by atoms with Crippen LogP contribution in [0.1, 0.15) is 78.4 Å². The molecule has 3 aromatic rings. The minimum absolute atomic E-state index is 0.780. The van der Waals surface area contributed by atoms with Crippen molar-refractivity contribution in [2.24, 2.45) is 4.99 Å². The van der Waals surface area contributed by atoms with E-state index in [9.17, 15) is 0 Å². The van der Waals surface area contributed by atoms with E-state index in [1.807, 2.05) is 108 Å². The maximum absolute atomic E-state index is 4.53. The molecule has 0 atom stereocenters. The smallest absolute Gasteiger partial charge is 0.0651 e. The molecule has 1 nitrogen and oxygen atoms in total. The van der Waals surface area contributed by atoms with E-state index in [0.29, 0.717) is 0 Å². The molecule has 1 aliphatic rings. The van der Waals surface area contributed by atoms with Gasteiger partial charge in [-0.3, -0.25) is 4.99 Å². The Labute approximate surface area is 329 Å². The number of aryl methyl sites for hydroxylation is 1. The lowest BCUT2D eigenvalue weighted by Crippen LogP contribution is -1.99. The number of benzene rings is 3. The Balaban J connectivity index is 0.000000626. The first-order valence-electron chi connectivity index (χ1n) is 19.1. The van der Waals surface area contributed by atoms with Gasteiger partial charge in [-0.2, -0.15) is 0 Å². The Kier molecular flexibility index (Phi) is 24.7. The monoisotopic (exact) mass is 713 g/mol. The highest BCUT2D eigenvalue weighted by molar-refractivity contribution is 5.88.